The maximum absolute atomic E-state index is 13.2. The zero-order valence-corrected chi connectivity index (χ0v) is 19.6. The second-order valence-corrected chi connectivity index (χ2v) is 8.42. The fraction of sp³-hybridized carbons (Fsp3) is 0.462. The molecule has 0 aliphatic heterocycles. The lowest BCUT2D eigenvalue weighted by molar-refractivity contribution is -0.142. The molecule has 0 aliphatic rings. The van der Waals surface area contributed by atoms with Crippen LogP contribution < -0.4 is 10.1 Å². The molecule has 5 heteroatoms. The largest absolute Gasteiger partial charge is 0.483 e. The molecule has 168 valence electrons. The van der Waals surface area contributed by atoms with Gasteiger partial charge in [0.15, 0.2) is 6.61 Å². The molecule has 2 atom stereocenters. The predicted molar refractivity (Wildman–Crippen MR) is 125 cm³/mol. The Morgan fingerprint density at radius 3 is 2.29 bits per heavy atom. The number of hydrogen-bond acceptors (Lipinski definition) is 3. The molecule has 0 fully saturated rings. The van der Waals surface area contributed by atoms with E-state index in [2.05, 4.69) is 19.2 Å². The molecule has 0 aromatic heterocycles. The van der Waals surface area contributed by atoms with Gasteiger partial charge in [-0.25, -0.2) is 0 Å². The third-order valence-corrected chi connectivity index (χ3v) is 5.66. The maximum Gasteiger partial charge on any atom is 0.261 e. The zero-order chi connectivity index (χ0) is 23.0. The van der Waals surface area contributed by atoms with Crippen molar-refractivity contribution in [2.45, 2.75) is 72.5 Å². The number of ether oxygens (including phenoxy) is 1. The van der Waals surface area contributed by atoms with Crippen molar-refractivity contribution in [2.75, 3.05) is 6.61 Å². The number of nitrogens with one attached hydrogen (secondary N) is 1. The minimum absolute atomic E-state index is 0.0551. The summed E-state index contributed by atoms with van der Waals surface area (Å²) in [5, 5.41) is 2.99. The van der Waals surface area contributed by atoms with Crippen molar-refractivity contribution in [1.29, 1.82) is 0 Å². The van der Waals surface area contributed by atoms with Gasteiger partial charge in [0.05, 0.1) is 0 Å². The summed E-state index contributed by atoms with van der Waals surface area (Å²) in [5.74, 6) is 0.625. The van der Waals surface area contributed by atoms with Crippen molar-refractivity contribution >= 4 is 11.8 Å². The number of benzene rings is 2. The maximum atomic E-state index is 13.2. The molecular formula is C26H36N2O3. The Bertz CT molecular complexity index is 878. The first-order valence-corrected chi connectivity index (χ1v) is 11.1. The van der Waals surface area contributed by atoms with Crippen molar-refractivity contribution < 1.29 is 14.3 Å². The van der Waals surface area contributed by atoms with Gasteiger partial charge in [-0.05, 0) is 55.9 Å². The van der Waals surface area contributed by atoms with Crippen LogP contribution in [0.3, 0.4) is 0 Å². The van der Waals surface area contributed by atoms with E-state index in [9.17, 15) is 9.59 Å². The lowest BCUT2D eigenvalue weighted by atomic mass is 10.0. The average molecular weight is 425 g/mol. The van der Waals surface area contributed by atoms with Crippen molar-refractivity contribution in [3.8, 4) is 5.75 Å². The standard InChI is InChI=1S/C26H36N2O3/c1-7-20(5)27-26(30)21(6)28(16-22-13-9-8-12-19(22)4)25(29)17-31-24-15-11-10-14-23(24)18(2)3/h8-15,18,20-21H,7,16-17H2,1-6H3,(H,27,30). The number of carbonyl (C=O) groups is 2. The molecule has 1 N–H and O–H groups in total. The highest BCUT2D eigenvalue weighted by Crippen LogP contribution is 2.26. The van der Waals surface area contributed by atoms with Crippen LogP contribution in [0.5, 0.6) is 5.75 Å². The van der Waals surface area contributed by atoms with E-state index in [0.717, 1.165) is 23.1 Å². The highest BCUT2D eigenvalue weighted by atomic mass is 16.5. The average Bonchev–Trinajstić information content (AvgIpc) is 2.76. The van der Waals surface area contributed by atoms with Crippen LogP contribution in [0.15, 0.2) is 48.5 Å². The highest BCUT2D eigenvalue weighted by Gasteiger charge is 2.27. The first-order chi connectivity index (χ1) is 14.7. The zero-order valence-electron chi connectivity index (χ0n) is 19.6. The van der Waals surface area contributed by atoms with Crippen LogP contribution in [0.25, 0.3) is 0 Å². The smallest absolute Gasteiger partial charge is 0.261 e. The van der Waals surface area contributed by atoms with Gasteiger partial charge in [-0.15, -0.1) is 0 Å². The van der Waals surface area contributed by atoms with E-state index in [1.807, 2.05) is 69.3 Å². The van der Waals surface area contributed by atoms with Crippen LogP contribution in [-0.2, 0) is 16.1 Å². The van der Waals surface area contributed by atoms with Gasteiger partial charge in [0, 0.05) is 12.6 Å². The predicted octanol–water partition coefficient (Wildman–Crippen LogP) is 4.83. The lowest BCUT2D eigenvalue weighted by Crippen LogP contribution is -2.50. The molecule has 2 rings (SSSR count). The van der Waals surface area contributed by atoms with E-state index in [1.165, 1.54) is 0 Å². The van der Waals surface area contributed by atoms with Crippen molar-refractivity contribution in [1.82, 2.24) is 10.2 Å². The van der Waals surface area contributed by atoms with E-state index in [1.54, 1.807) is 11.8 Å². The normalized spacial score (nSPS) is 12.9. The second-order valence-electron chi connectivity index (χ2n) is 8.42. The summed E-state index contributed by atoms with van der Waals surface area (Å²) in [6, 6.07) is 15.1. The Balaban J connectivity index is 2.21. The quantitative estimate of drug-likeness (QED) is 0.594. The molecule has 0 spiro atoms. The van der Waals surface area contributed by atoms with Crippen LogP contribution in [0.2, 0.25) is 0 Å². The number of rotatable bonds is 10. The Morgan fingerprint density at radius 1 is 1.00 bits per heavy atom. The summed E-state index contributed by atoms with van der Waals surface area (Å²) in [6.07, 6.45) is 0.833. The number of para-hydroxylation sites is 1. The van der Waals surface area contributed by atoms with Gasteiger partial charge in [-0.2, -0.15) is 0 Å². The van der Waals surface area contributed by atoms with E-state index in [4.69, 9.17) is 4.74 Å². The van der Waals surface area contributed by atoms with Crippen molar-refractivity contribution in [3.63, 3.8) is 0 Å². The molecule has 2 unspecified atom stereocenters. The molecule has 2 aromatic carbocycles. The van der Waals surface area contributed by atoms with Crippen molar-refractivity contribution in [3.05, 3.63) is 65.2 Å². The minimum atomic E-state index is -0.606. The Morgan fingerprint density at radius 2 is 1.65 bits per heavy atom. The van der Waals surface area contributed by atoms with Crippen LogP contribution in [0.1, 0.15) is 63.6 Å². The van der Waals surface area contributed by atoms with Crippen molar-refractivity contribution in [2.24, 2.45) is 0 Å². The monoisotopic (exact) mass is 424 g/mol. The summed E-state index contributed by atoms with van der Waals surface area (Å²) in [6.45, 7) is 12.2. The van der Waals surface area contributed by atoms with Gasteiger partial charge in [0.25, 0.3) is 5.91 Å². The van der Waals surface area contributed by atoms with Gasteiger partial charge in [0.2, 0.25) is 5.91 Å². The Kier molecular flexibility index (Phi) is 9.10. The van der Waals surface area contributed by atoms with Crippen LogP contribution in [0.4, 0.5) is 0 Å². The van der Waals surface area contributed by atoms with Gasteiger partial charge in [-0.3, -0.25) is 9.59 Å². The first-order valence-electron chi connectivity index (χ1n) is 11.1. The molecule has 0 radical (unpaired) electrons. The Labute approximate surface area is 186 Å². The third kappa shape index (κ3) is 6.84. The molecule has 0 saturated heterocycles. The number of aryl methyl sites for hydroxylation is 1. The first kappa shape index (κ1) is 24.4. The molecule has 0 aliphatic carbocycles. The summed E-state index contributed by atoms with van der Waals surface area (Å²) >= 11 is 0. The highest BCUT2D eigenvalue weighted by molar-refractivity contribution is 5.88. The second kappa shape index (κ2) is 11.5. The number of carbonyl (C=O) groups excluding carboxylic acids is 2. The molecule has 5 nitrogen and oxygen atoms in total. The molecule has 2 amide bonds. The summed E-state index contributed by atoms with van der Waals surface area (Å²) in [5.41, 5.74) is 3.16. The van der Waals surface area contributed by atoms with Crippen LogP contribution in [-0.4, -0.2) is 35.4 Å². The molecule has 31 heavy (non-hydrogen) atoms. The third-order valence-electron chi connectivity index (χ3n) is 5.66. The van der Waals surface area contributed by atoms with E-state index in [-0.39, 0.29) is 30.4 Å². The number of amides is 2. The molecule has 0 bridgehead atoms. The van der Waals surface area contributed by atoms with E-state index < -0.39 is 6.04 Å². The molecule has 0 heterocycles. The topological polar surface area (TPSA) is 58.6 Å². The fourth-order valence-electron chi connectivity index (χ4n) is 3.33. The summed E-state index contributed by atoms with van der Waals surface area (Å²) < 4.78 is 5.92. The minimum Gasteiger partial charge on any atom is -0.483 e. The van der Waals surface area contributed by atoms with Crippen LogP contribution >= 0.6 is 0 Å². The van der Waals surface area contributed by atoms with Gasteiger partial charge < -0.3 is 15.0 Å². The number of hydrogen-bond donors (Lipinski definition) is 1. The molecular weight excluding hydrogens is 388 g/mol. The van der Waals surface area contributed by atoms with Gasteiger partial charge in [-0.1, -0.05) is 63.2 Å². The van der Waals surface area contributed by atoms with Crippen LogP contribution in [0, 0.1) is 6.92 Å². The fourth-order valence-corrected chi connectivity index (χ4v) is 3.33. The SMILES string of the molecule is CCC(C)NC(=O)C(C)N(Cc1ccccc1C)C(=O)COc1ccccc1C(C)C. The van der Waals surface area contributed by atoms with E-state index >= 15 is 0 Å². The number of nitrogens with zero attached hydrogens (tertiary/aromatic N) is 1. The molecule has 0 saturated carbocycles. The van der Waals surface area contributed by atoms with Gasteiger partial charge >= 0.3 is 0 Å². The molecule has 2 aromatic rings. The van der Waals surface area contributed by atoms with E-state index in [0.29, 0.717) is 12.3 Å². The van der Waals surface area contributed by atoms with Gasteiger partial charge in [0.1, 0.15) is 11.8 Å². The summed E-state index contributed by atoms with van der Waals surface area (Å²) in [4.78, 5) is 27.6. The lowest BCUT2D eigenvalue weighted by Gasteiger charge is -2.30. The summed E-state index contributed by atoms with van der Waals surface area (Å²) in [7, 11) is 0. The Hall–Kier alpha value is -2.82.